The first-order chi connectivity index (χ1) is 13.7. The summed E-state index contributed by atoms with van der Waals surface area (Å²) in [6.07, 6.45) is 15.7. The van der Waals surface area contributed by atoms with E-state index in [0.29, 0.717) is 10.8 Å². The standard InChI is InChI=1S/C28H48O/c1-18(2)19(3)7-8-20(4)24-11-12-25-23-10-9-21-17-22(29)13-15-27(21,5)26(23)14-16-28(24,25)6/h9,18-20,22-26,29H,7-8,10-17H2,1-6H3/t19-,20+,22+,23+,24-,25+,26+,27+,28-/m1/s1. The summed E-state index contributed by atoms with van der Waals surface area (Å²) in [7, 11) is 0. The van der Waals surface area contributed by atoms with Gasteiger partial charge in [0.05, 0.1) is 6.10 Å². The Bertz CT molecular complexity index is 620. The highest BCUT2D eigenvalue weighted by Gasteiger charge is 2.59. The van der Waals surface area contributed by atoms with Gasteiger partial charge in [0.15, 0.2) is 0 Å². The number of aliphatic hydroxyl groups is 1. The van der Waals surface area contributed by atoms with Gasteiger partial charge >= 0.3 is 0 Å². The van der Waals surface area contributed by atoms with Crippen LogP contribution in [0.15, 0.2) is 11.6 Å². The number of hydrogen-bond acceptors (Lipinski definition) is 1. The van der Waals surface area contributed by atoms with Crippen LogP contribution in [0.5, 0.6) is 0 Å². The van der Waals surface area contributed by atoms with Gasteiger partial charge < -0.3 is 5.11 Å². The molecule has 0 saturated heterocycles. The topological polar surface area (TPSA) is 20.2 Å². The van der Waals surface area contributed by atoms with Crippen molar-refractivity contribution in [3.63, 3.8) is 0 Å². The predicted molar refractivity (Wildman–Crippen MR) is 124 cm³/mol. The van der Waals surface area contributed by atoms with Gasteiger partial charge in [-0.05, 0) is 104 Å². The van der Waals surface area contributed by atoms with Crippen LogP contribution in [0, 0.1) is 52.3 Å². The lowest BCUT2D eigenvalue weighted by Crippen LogP contribution is -2.50. The molecule has 1 heteroatoms. The quantitative estimate of drug-likeness (QED) is 0.470. The largest absolute Gasteiger partial charge is 0.393 e. The van der Waals surface area contributed by atoms with Gasteiger partial charge in [0, 0.05) is 0 Å². The molecule has 0 amide bonds. The van der Waals surface area contributed by atoms with E-state index in [4.69, 9.17) is 0 Å². The first-order valence-corrected chi connectivity index (χ1v) is 13.0. The van der Waals surface area contributed by atoms with Crippen molar-refractivity contribution in [2.75, 3.05) is 0 Å². The van der Waals surface area contributed by atoms with Crippen LogP contribution in [0.3, 0.4) is 0 Å². The fraction of sp³-hybridized carbons (Fsp3) is 0.929. The van der Waals surface area contributed by atoms with E-state index >= 15 is 0 Å². The van der Waals surface area contributed by atoms with E-state index in [0.717, 1.165) is 54.3 Å². The molecule has 0 spiro atoms. The molecule has 0 aromatic rings. The summed E-state index contributed by atoms with van der Waals surface area (Å²) in [5.74, 6) is 6.24. The van der Waals surface area contributed by atoms with Gasteiger partial charge in [-0.15, -0.1) is 0 Å². The zero-order valence-corrected chi connectivity index (χ0v) is 20.2. The summed E-state index contributed by atoms with van der Waals surface area (Å²) in [4.78, 5) is 0. The Labute approximate surface area is 181 Å². The summed E-state index contributed by atoms with van der Waals surface area (Å²) >= 11 is 0. The molecule has 4 rings (SSSR count). The van der Waals surface area contributed by atoms with Crippen LogP contribution in [0.2, 0.25) is 0 Å². The number of allylic oxidation sites excluding steroid dienone is 1. The molecule has 0 aromatic carbocycles. The van der Waals surface area contributed by atoms with E-state index in [-0.39, 0.29) is 6.10 Å². The molecule has 3 saturated carbocycles. The second kappa shape index (κ2) is 7.99. The summed E-state index contributed by atoms with van der Waals surface area (Å²) in [6, 6.07) is 0. The van der Waals surface area contributed by atoms with Crippen molar-refractivity contribution < 1.29 is 5.11 Å². The Balaban J connectivity index is 1.49. The second-order valence-corrected chi connectivity index (χ2v) is 12.7. The Hall–Kier alpha value is -0.300. The average molecular weight is 401 g/mol. The van der Waals surface area contributed by atoms with Crippen LogP contribution in [0.25, 0.3) is 0 Å². The van der Waals surface area contributed by atoms with E-state index < -0.39 is 0 Å². The summed E-state index contributed by atoms with van der Waals surface area (Å²) in [6.45, 7) is 15.1. The lowest BCUT2D eigenvalue weighted by atomic mass is 9.47. The van der Waals surface area contributed by atoms with Gasteiger partial charge in [-0.2, -0.15) is 0 Å². The molecule has 0 bridgehead atoms. The summed E-state index contributed by atoms with van der Waals surface area (Å²) in [5, 5.41) is 10.2. The third-order valence-corrected chi connectivity index (χ3v) is 11.1. The van der Waals surface area contributed by atoms with E-state index in [1.807, 2.05) is 0 Å². The van der Waals surface area contributed by atoms with E-state index in [1.54, 1.807) is 5.57 Å². The lowest BCUT2D eigenvalue weighted by molar-refractivity contribution is -0.0574. The Morgan fingerprint density at radius 3 is 2.45 bits per heavy atom. The summed E-state index contributed by atoms with van der Waals surface area (Å²) in [5.41, 5.74) is 2.59. The molecule has 4 aliphatic rings. The van der Waals surface area contributed by atoms with Crippen molar-refractivity contribution in [1.82, 2.24) is 0 Å². The molecule has 0 heterocycles. The van der Waals surface area contributed by atoms with Crippen LogP contribution < -0.4 is 0 Å². The monoisotopic (exact) mass is 400 g/mol. The van der Waals surface area contributed by atoms with Crippen LogP contribution in [-0.2, 0) is 0 Å². The van der Waals surface area contributed by atoms with Gasteiger partial charge in [-0.3, -0.25) is 0 Å². The van der Waals surface area contributed by atoms with Gasteiger partial charge in [0.1, 0.15) is 0 Å². The van der Waals surface area contributed by atoms with E-state index in [9.17, 15) is 5.11 Å². The molecule has 0 aromatic heterocycles. The van der Waals surface area contributed by atoms with Crippen molar-refractivity contribution in [2.24, 2.45) is 52.3 Å². The van der Waals surface area contributed by atoms with Gasteiger partial charge in [0.25, 0.3) is 0 Å². The molecule has 1 nitrogen and oxygen atoms in total. The number of aliphatic hydroxyl groups excluding tert-OH is 1. The average Bonchev–Trinajstić information content (AvgIpc) is 3.03. The second-order valence-electron chi connectivity index (χ2n) is 12.7. The maximum Gasteiger partial charge on any atom is 0.0577 e. The first-order valence-electron chi connectivity index (χ1n) is 13.0. The van der Waals surface area contributed by atoms with Crippen LogP contribution in [-0.4, -0.2) is 11.2 Å². The van der Waals surface area contributed by atoms with Crippen molar-refractivity contribution in [1.29, 1.82) is 0 Å². The van der Waals surface area contributed by atoms with Crippen molar-refractivity contribution >= 4 is 0 Å². The number of rotatable bonds is 5. The van der Waals surface area contributed by atoms with Gasteiger partial charge in [0.2, 0.25) is 0 Å². The van der Waals surface area contributed by atoms with Crippen LogP contribution >= 0.6 is 0 Å². The van der Waals surface area contributed by atoms with Crippen molar-refractivity contribution in [2.45, 2.75) is 112 Å². The third kappa shape index (κ3) is 3.66. The smallest absolute Gasteiger partial charge is 0.0577 e. The maximum atomic E-state index is 10.2. The molecule has 0 aliphatic heterocycles. The molecule has 9 atom stereocenters. The highest BCUT2D eigenvalue weighted by atomic mass is 16.3. The Morgan fingerprint density at radius 2 is 1.72 bits per heavy atom. The van der Waals surface area contributed by atoms with Crippen LogP contribution in [0.1, 0.15) is 106 Å². The molecular formula is C28H48O. The highest BCUT2D eigenvalue weighted by molar-refractivity contribution is 5.25. The van der Waals surface area contributed by atoms with Crippen molar-refractivity contribution in [3.05, 3.63) is 11.6 Å². The van der Waals surface area contributed by atoms with Gasteiger partial charge in [-0.1, -0.05) is 66.0 Å². The summed E-state index contributed by atoms with van der Waals surface area (Å²) < 4.78 is 0. The third-order valence-electron chi connectivity index (χ3n) is 11.1. The fourth-order valence-electron chi connectivity index (χ4n) is 8.68. The minimum Gasteiger partial charge on any atom is -0.393 e. The lowest BCUT2D eigenvalue weighted by Gasteiger charge is -2.58. The van der Waals surface area contributed by atoms with Crippen molar-refractivity contribution in [3.8, 4) is 0 Å². The molecular weight excluding hydrogens is 352 g/mol. The molecule has 4 aliphatic carbocycles. The molecule has 3 fully saturated rings. The fourth-order valence-corrected chi connectivity index (χ4v) is 8.68. The van der Waals surface area contributed by atoms with Gasteiger partial charge in [-0.25, -0.2) is 0 Å². The normalized spacial score (nSPS) is 46.5. The zero-order valence-electron chi connectivity index (χ0n) is 20.2. The predicted octanol–water partition coefficient (Wildman–Crippen LogP) is 7.63. The zero-order chi connectivity index (χ0) is 21.0. The molecule has 1 N–H and O–H groups in total. The molecule has 29 heavy (non-hydrogen) atoms. The number of hydrogen-bond donors (Lipinski definition) is 1. The molecule has 0 unspecified atom stereocenters. The minimum absolute atomic E-state index is 0.0790. The van der Waals surface area contributed by atoms with Crippen LogP contribution in [0.4, 0.5) is 0 Å². The number of fused-ring (bicyclic) bond motifs is 5. The van der Waals surface area contributed by atoms with E-state index in [2.05, 4.69) is 47.6 Å². The van der Waals surface area contributed by atoms with E-state index in [1.165, 1.54) is 51.4 Å². The minimum atomic E-state index is -0.0790. The SMILES string of the molecule is CC(C)[C@H](C)CC[C@H](C)[C@H]1CC[C@H]2[C@@H]3CC=C4C[C@@H](O)CC[C@]4(C)[C@H]3CC[C@]12C. The maximum absolute atomic E-state index is 10.2. The Morgan fingerprint density at radius 1 is 0.966 bits per heavy atom. The Kier molecular flexibility index (Phi) is 6.04. The highest BCUT2D eigenvalue weighted by Crippen LogP contribution is 2.67. The molecule has 166 valence electrons. The first kappa shape index (κ1) is 21.9. The molecule has 0 radical (unpaired) electrons.